The Bertz CT molecular complexity index is 607. The second-order valence-corrected chi connectivity index (χ2v) is 6.90. The highest BCUT2D eigenvalue weighted by Crippen LogP contribution is 2.37. The zero-order valence-electron chi connectivity index (χ0n) is 12.3. The predicted molar refractivity (Wildman–Crippen MR) is 84.9 cm³/mol. The molecule has 1 fully saturated rings. The van der Waals surface area contributed by atoms with E-state index < -0.39 is 11.6 Å². The molecule has 0 spiro atoms. The van der Waals surface area contributed by atoms with Crippen molar-refractivity contribution in [2.24, 2.45) is 0 Å². The van der Waals surface area contributed by atoms with E-state index in [1.54, 1.807) is 0 Å². The Morgan fingerprint density at radius 1 is 1.00 bits per heavy atom. The van der Waals surface area contributed by atoms with E-state index >= 15 is 0 Å². The van der Waals surface area contributed by atoms with Crippen LogP contribution in [0.4, 0.5) is 8.78 Å². The van der Waals surface area contributed by atoms with E-state index in [4.69, 9.17) is 0 Å². The molecule has 1 heterocycles. The van der Waals surface area contributed by atoms with Gasteiger partial charge in [-0.2, -0.15) is 0 Å². The maximum Gasteiger partial charge on any atom is 0.177 e. The maximum absolute atomic E-state index is 14.0. The summed E-state index contributed by atoms with van der Waals surface area (Å²) in [5.74, 6) is -0.722. The molecule has 1 aromatic heterocycles. The molecule has 3 heteroatoms. The zero-order chi connectivity index (χ0) is 14.8. The van der Waals surface area contributed by atoms with Crippen molar-refractivity contribution in [3.63, 3.8) is 0 Å². The third-order valence-electron chi connectivity index (χ3n) is 4.43. The van der Waals surface area contributed by atoms with Crippen molar-refractivity contribution >= 4 is 11.3 Å². The Morgan fingerprint density at radius 2 is 1.67 bits per heavy atom. The third kappa shape index (κ3) is 2.89. The van der Waals surface area contributed by atoms with Gasteiger partial charge in [0.2, 0.25) is 0 Å². The Labute approximate surface area is 128 Å². The monoisotopic (exact) mass is 306 g/mol. The summed E-state index contributed by atoms with van der Waals surface area (Å²) in [5, 5.41) is 0. The molecule has 1 aliphatic carbocycles. The van der Waals surface area contributed by atoms with Gasteiger partial charge in [-0.1, -0.05) is 50.5 Å². The van der Waals surface area contributed by atoms with Gasteiger partial charge in [-0.25, -0.2) is 8.78 Å². The van der Waals surface area contributed by atoms with Crippen molar-refractivity contribution in [2.75, 3.05) is 0 Å². The topological polar surface area (TPSA) is 0 Å². The highest BCUT2D eigenvalue weighted by molar-refractivity contribution is 7.15. The average Bonchev–Trinajstić information content (AvgIpc) is 2.84. The van der Waals surface area contributed by atoms with Crippen molar-refractivity contribution < 1.29 is 8.78 Å². The fourth-order valence-corrected chi connectivity index (χ4v) is 4.19. The van der Waals surface area contributed by atoms with Crippen LogP contribution in [0.15, 0.2) is 24.3 Å². The van der Waals surface area contributed by atoms with Gasteiger partial charge in [0.05, 0.1) is 4.88 Å². The molecule has 0 aliphatic heterocycles. The van der Waals surface area contributed by atoms with E-state index in [2.05, 4.69) is 12.1 Å². The molecule has 1 saturated carbocycles. The fraction of sp³-hybridized carbons (Fsp3) is 0.444. The van der Waals surface area contributed by atoms with Crippen molar-refractivity contribution in [2.45, 2.75) is 51.4 Å². The molecule has 0 amide bonds. The van der Waals surface area contributed by atoms with E-state index in [0.717, 1.165) is 5.56 Å². The van der Waals surface area contributed by atoms with Gasteiger partial charge in [-0.05, 0) is 36.3 Å². The summed E-state index contributed by atoms with van der Waals surface area (Å²) in [6, 6.07) is 8.07. The quantitative estimate of drug-likeness (QED) is 0.624. The highest BCUT2D eigenvalue weighted by atomic mass is 32.1. The average molecular weight is 306 g/mol. The van der Waals surface area contributed by atoms with Crippen LogP contribution in [0.3, 0.4) is 0 Å². The number of rotatable bonds is 3. The van der Waals surface area contributed by atoms with Crippen LogP contribution in [0.2, 0.25) is 0 Å². The summed E-state index contributed by atoms with van der Waals surface area (Å²) < 4.78 is 27.7. The summed E-state index contributed by atoms with van der Waals surface area (Å²) >= 11 is 1.23. The molecule has 112 valence electrons. The molecular formula is C18H20F2S. The Kier molecular flexibility index (Phi) is 4.39. The number of aryl methyl sites for hydroxylation is 1. The molecular weight excluding hydrogens is 286 g/mol. The third-order valence-corrected chi connectivity index (χ3v) is 5.77. The van der Waals surface area contributed by atoms with E-state index in [-0.39, 0.29) is 0 Å². The van der Waals surface area contributed by atoms with Gasteiger partial charge >= 0.3 is 0 Å². The molecule has 0 saturated heterocycles. The molecule has 0 nitrogen and oxygen atoms in total. The predicted octanol–water partition coefficient (Wildman–Crippen LogP) is 6.30. The molecule has 21 heavy (non-hydrogen) atoms. The highest BCUT2D eigenvalue weighted by Gasteiger charge is 2.19. The van der Waals surface area contributed by atoms with Gasteiger partial charge in [-0.3, -0.25) is 0 Å². The summed E-state index contributed by atoms with van der Waals surface area (Å²) in [4.78, 5) is 0.929. The molecule has 0 unspecified atom stereocenters. The second kappa shape index (κ2) is 6.27. The van der Waals surface area contributed by atoms with Gasteiger partial charge in [-0.15, -0.1) is 11.3 Å². The van der Waals surface area contributed by atoms with Crippen LogP contribution in [0.5, 0.6) is 0 Å². The van der Waals surface area contributed by atoms with Crippen LogP contribution in [0.25, 0.3) is 10.4 Å². The first-order valence-electron chi connectivity index (χ1n) is 7.77. The number of hydrogen-bond donors (Lipinski definition) is 0. The summed E-state index contributed by atoms with van der Waals surface area (Å²) in [6.45, 7) is 1.85. The first kappa shape index (κ1) is 14.7. The number of benzene rings is 1. The Balaban J connectivity index is 1.87. The van der Waals surface area contributed by atoms with Gasteiger partial charge < -0.3 is 0 Å². The second-order valence-electron chi connectivity index (χ2n) is 5.79. The smallest absolute Gasteiger partial charge is 0.177 e. The molecule has 1 aromatic carbocycles. The Morgan fingerprint density at radius 3 is 2.24 bits per heavy atom. The molecule has 0 N–H and O–H groups in total. The fourth-order valence-electron chi connectivity index (χ4n) is 3.19. The van der Waals surface area contributed by atoms with E-state index in [1.165, 1.54) is 49.0 Å². The van der Waals surface area contributed by atoms with Crippen molar-refractivity contribution in [1.82, 2.24) is 0 Å². The van der Waals surface area contributed by atoms with Crippen LogP contribution >= 0.6 is 11.3 Å². The molecule has 0 atom stereocenters. The lowest BCUT2D eigenvalue weighted by atomic mass is 9.84. The van der Waals surface area contributed by atoms with Crippen LogP contribution in [-0.2, 0) is 6.42 Å². The van der Waals surface area contributed by atoms with Gasteiger partial charge in [0.15, 0.2) is 11.6 Å². The minimum Gasteiger partial charge on any atom is -0.203 e. The van der Waals surface area contributed by atoms with Crippen molar-refractivity contribution in [3.8, 4) is 10.4 Å². The number of thiophene rings is 1. The van der Waals surface area contributed by atoms with E-state index in [9.17, 15) is 8.78 Å². The minimum atomic E-state index is -0.692. The summed E-state index contributed by atoms with van der Waals surface area (Å²) in [5.41, 5.74) is 2.13. The van der Waals surface area contributed by atoms with Crippen LogP contribution in [-0.4, -0.2) is 0 Å². The lowest BCUT2D eigenvalue weighted by Gasteiger charge is -2.22. The molecule has 0 bridgehead atoms. The summed E-state index contributed by atoms with van der Waals surface area (Å²) in [6.07, 6.45) is 6.98. The normalized spacial score (nSPS) is 16.3. The molecule has 3 rings (SSSR count). The molecule has 0 radical (unpaired) electrons. The van der Waals surface area contributed by atoms with Crippen LogP contribution in [0, 0.1) is 11.6 Å². The number of halogens is 2. The summed E-state index contributed by atoms with van der Waals surface area (Å²) in [7, 11) is 0. The van der Waals surface area contributed by atoms with E-state index in [1.807, 2.05) is 19.1 Å². The first-order valence-corrected chi connectivity index (χ1v) is 8.59. The zero-order valence-corrected chi connectivity index (χ0v) is 13.1. The maximum atomic E-state index is 14.0. The largest absolute Gasteiger partial charge is 0.203 e. The Hall–Kier alpha value is -1.22. The van der Waals surface area contributed by atoms with Gasteiger partial charge in [0, 0.05) is 4.88 Å². The molecule has 1 aliphatic rings. The van der Waals surface area contributed by atoms with Gasteiger partial charge in [0.25, 0.3) is 0 Å². The van der Waals surface area contributed by atoms with Crippen LogP contribution < -0.4 is 0 Å². The standard InChI is InChI=1S/C18H20F2S/c1-2-15-16(19)17(20)18(21-15)14-10-8-13(9-11-14)12-6-4-3-5-7-12/h8-12H,2-7H2,1H3. The van der Waals surface area contributed by atoms with Gasteiger partial charge in [0.1, 0.15) is 0 Å². The lowest BCUT2D eigenvalue weighted by Crippen LogP contribution is -2.04. The van der Waals surface area contributed by atoms with Crippen molar-refractivity contribution in [1.29, 1.82) is 0 Å². The van der Waals surface area contributed by atoms with Crippen LogP contribution in [0.1, 0.15) is 55.4 Å². The molecule has 2 aromatic rings. The lowest BCUT2D eigenvalue weighted by molar-refractivity contribution is 0.443. The minimum absolute atomic E-state index is 0.430. The van der Waals surface area contributed by atoms with Crippen molar-refractivity contribution in [3.05, 3.63) is 46.3 Å². The van der Waals surface area contributed by atoms with E-state index in [0.29, 0.717) is 22.1 Å². The first-order chi connectivity index (χ1) is 10.2. The number of hydrogen-bond acceptors (Lipinski definition) is 1. The SMILES string of the molecule is CCc1sc(-c2ccc(C3CCCCC3)cc2)c(F)c1F.